The van der Waals surface area contributed by atoms with Gasteiger partial charge in [-0.25, -0.2) is 4.98 Å². The Morgan fingerprint density at radius 3 is 3.15 bits per heavy atom. The fourth-order valence-electron chi connectivity index (χ4n) is 2.72. The van der Waals surface area contributed by atoms with E-state index < -0.39 is 0 Å². The molecule has 0 saturated carbocycles. The van der Waals surface area contributed by atoms with E-state index in [0.29, 0.717) is 6.04 Å². The smallest absolute Gasteiger partial charge is 0.136 e. The molecule has 0 radical (unpaired) electrons. The summed E-state index contributed by atoms with van der Waals surface area (Å²) in [6.45, 7) is 3.27. The molecule has 1 atom stereocenters. The molecule has 0 amide bonds. The van der Waals surface area contributed by atoms with Crippen LogP contribution in [0.4, 0.5) is 5.82 Å². The van der Waals surface area contributed by atoms with Crippen molar-refractivity contribution in [3.63, 3.8) is 0 Å². The lowest BCUT2D eigenvalue weighted by Crippen LogP contribution is -2.50. The first kappa shape index (κ1) is 13.8. The number of aromatic nitrogens is 1. The van der Waals surface area contributed by atoms with E-state index in [1.165, 1.54) is 10.8 Å². The molecule has 1 aliphatic rings. The Morgan fingerprint density at radius 1 is 1.40 bits per heavy atom. The van der Waals surface area contributed by atoms with Crippen molar-refractivity contribution in [1.82, 2.24) is 10.3 Å². The molecule has 1 aromatic carbocycles. The van der Waals surface area contributed by atoms with Crippen LogP contribution in [0.25, 0.3) is 10.8 Å². The summed E-state index contributed by atoms with van der Waals surface area (Å²) in [5.41, 5.74) is 0. The predicted octanol–water partition coefficient (Wildman–Crippen LogP) is 2.42. The first-order valence-corrected chi connectivity index (χ1v) is 7.63. The van der Waals surface area contributed by atoms with Crippen molar-refractivity contribution in [1.29, 1.82) is 0 Å². The highest BCUT2D eigenvalue weighted by atomic mass is 79.9. The zero-order chi connectivity index (χ0) is 13.9. The third-order valence-electron chi connectivity index (χ3n) is 3.67. The van der Waals surface area contributed by atoms with Gasteiger partial charge in [0.15, 0.2) is 0 Å². The summed E-state index contributed by atoms with van der Waals surface area (Å²) in [6.07, 6.45) is 1.88. The van der Waals surface area contributed by atoms with Crippen LogP contribution < -0.4 is 10.2 Å². The number of ether oxygens (including phenoxy) is 1. The molecule has 0 spiro atoms. The van der Waals surface area contributed by atoms with E-state index in [4.69, 9.17) is 4.74 Å². The third-order valence-corrected chi connectivity index (χ3v) is 4.36. The van der Waals surface area contributed by atoms with Gasteiger partial charge in [-0.3, -0.25) is 0 Å². The number of benzene rings is 1. The van der Waals surface area contributed by atoms with Crippen LogP contribution in [0.3, 0.4) is 0 Å². The van der Waals surface area contributed by atoms with Crippen LogP contribution in [0.1, 0.15) is 0 Å². The van der Waals surface area contributed by atoms with Gasteiger partial charge >= 0.3 is 0 Å². The number of halogens is 1. The lowest BCUT2D eigenvalue weighted by molar-refractivity contribution is 0.0941. The van der Waals surface area contributed by atoms with Crippen molar-refractivity contribution in [2.24, 2.45) is 0 Å². The van der Waals surface area contributed by atoms with Gasteiger partial charge in [-0.1, -0.05) is 28.1 Å². The van der Waals surface area contributed by atoms with E-state index >= 15 is 0 Å². The second kappa shape index (κ2) is 6.08. The Hall–Kier alpha value is -1.17. The highest BCUT2D eigenvalue weighted by Crippen LogP contribution is 2.31. The maximum atomic E-state index is 5.60. The van der Waals surface area contributed by atoms with Crippen molar-refractivity contribution >= 4 is 32.5 Å². The maximum Gasteiger partial charge on any atom is 0.136 e. The molecule has 106 valence electrons. The number of rotatable bonds is 3. The lowest BCUT2D eigenvalue weighted by atomic mass is 10.1. The van der Waals surface area contributed by atoms with Crippen LogP contribution in [-0.2, 0) is 4.74 Å². The van der Waals surface area contributed by atoms with Crippen molar-refractivity contribution in [3.05, 3.63) is 34.9 Å². The molecule has 4 nitrogen and oxygen atoms in total. The summed E-state index contributed by atoms with van der Waals surface area (Å²) in [5, 5.41) is 5.62. The van der Waals surface area contributed by atoms with Gasteiger partial charge in [0, 0.05) is 34.5 Å². The first-order chi connectivity index (χ1) is 9.81. The molecule has 1 unspecified atom stereocenters. The van der Waals surface area contributed by atoms with E-state index in [1.54, 1.807) is 0 Å². The van der Waals surface area contributed by atoms with Crippen LogP contribution in [0.2, 0.25) is 0 Å². The minimum Gasteiger partial charge on any atom is -0.377 e. The van der Waals surface area contributed by atoms with Crippen LogP contribution in [-0.4, -0.2) is 44.4 Å². The van der Waals surface area contributed by atoms with Gasteiger partial charge in [-0.05, 0) is 19.2 Å². The first-order valence-electron chi connectivity index (χ1n) is 6.83. The fourth-order valence-corrected chi connectivity index (χ4v) is 3.22. The van der Waals surface area contributed by atoms with E-state index in [-0.39, 0.29) is 0 Å². The number of pyridine rings is 1. The van der Waals surface area contributed by atoms with Crippen molar-refractivity contribution in [3.8, 4) is 0 Å². The quantitative estimate of drug-likeness (QED) is 0.934. The minimum atomic E-state index is 0.325. The molecule has 1 saturated heterocycles. The topological polar surface area (TPSA) is 37.4 Å². The molecular formula is C15H18BrN3O. The zero-order valence-electron chi connectivity index (χ0n) is 11.5. The van der Waals surface area contributed by atoms with Crippen molar-refractivity contribution in [2.45, 2.75) is 6.04 Å². The SMILES string of the molecule is CNCC1COCCN1c1nccc2c(Br)cccc12. The third kappa shape index (κ3) is 2.53. The Balaban J connectivity index is 2.06. The van der Waals surface area contributed by atoms with Gasteiger partial charge in [0.25, 0.3) is 0 Å². The van der Waals surface area contributed by atoms with E-state index in [9.17, 15) is 0 Å². The second-order valence-electron chi connectivity index (χ2n) is 4.95. The van der Waals surface area contributed by atoms with E-state index in [0.717, 1.165) is 36.6 Å². The number of nitrogens with zero attached hydrogens (tertiary/aromatic N) is 2. The maximum absolute atomic E-state index is 5.60. The fraction of sp³-hybridized carbons (Fsp3) is 0.400. The lowest BCUT2D eigenvalue weighted by Gasteiger charge is -2.37. The monoisotopic (exact) mass is 335 g/mol. The number of fused-ring (bicyclic) bond motifs is 1. The minimum absolute atomic E-state index is 0.325. The number of hydrogen-bond acceptors (Lipinski definition) is 4. The van der Waals surface area contributed by atoms with Crippen molar-refractivity contribution in [2.75, 3.05) is 38.3 Å². The molecule has 1 aliphatic heterocycles. The Morgan fingerprint density at radius 2 is 2.30 bits per heavy atom. The number of likely N-dealkylation sites (N-methyl/N-ethyl adjacent to an activating group) is 1. The largest absolute Gasteiger partial charge is 0.377 e. The van der Waals surface area contributed by atoms with Crippen LogP contribution in [0.15, 0.2) is 34.9 Å². The standard InChI is InChI=1S/C15H18BrN3O/c1-17-9-11-10-20-8-7-19(11)15-13-3-2-4-14(16)12(13)5-6-18-15/h2-6,11,17H,7-10H2,1H3. The molecule has 2 heterocycles. The molecule has 1 aromatic heterocycles. The average Bonchev–Trinajstić information content (AvgIpc) is 2.48. The van der Waals surface area contributed by atoms with Gasteiger partial charge in [0.1, 0.15) is 5.82 Å². The predicted molar refractivity (Wildman–Crippen MR) is 85.3 cm³/mol. The molecule has 0 bridgehead atoms. The average molecular weight is 336 g/mol. The van der Waals surface area contributed by atoms with Gasteiger partial charge in [-0.2, -0.15) is 0 Å². The molecule has 1 fully saturated rings. The molecule has 1 N–H and O–H groups in total. The number of nitrogens with one attached hydrogen (secondary N) is 1. The zero-order valence-corrected chi connectivity index (χ0v) is 13.1. The molecular weight excluding hydrogens is 318 g/mol. The van der Waals surface area contributed by atoms with Gasteiger partial charge in [0.05, 0.1) is 19.3 Å². The molecule has 20 heavy (non-hydrogen) atoms. The second-order valence-corrected chi connectivity index (χ2v) is 5.80. The molecule has 2 aromatic rings. The molecule has 3 rings (SSSR count). The number of morpholine rings is 1. The Kier molecular flexibility index (Phi) is 4.19. The van der Waals surface area contributed by atoms with Gasteiger partial charge in [0.2, 0.25) is 0 Å². The highest BCUT2D eigenvalue weighted by Gasteiger charge is 2.25. The highest BCUT2D eigenvalue weighted by molar-refractivity contribution is 9.10. The molecule has 0 aliphatic carbocycles. The van der Waals surface area contributed by atoms with Gasteiger partial charge < -0.3 is 15.0 Å². The van der Waals surface area contributed by atoms with Crippen LogP contribution >= 0.6 is 15.9 Å². The van der Waals surface area contributed by atoms with Crippen LogP contribution in [0.5, 0.6) is 0 Å². The molecule has 5 heteroatoms. The summed E-state index contributed by atoms with van der Waals surface area (Å²) in [6, 6.07) is 8.64. The van der Waals surface area contributed by atoms with Crippen LogP contribution in [0, 0.1) is 0 Å². The van der Waals surface area contributed by atoms with E-state index in [1.807, 2.05) is 13.2 Å². The number of anilines is 1. The van der Waals surface area contributed by atoms with E-state index in [2.05, 4.69) is 55.4 Å². The summed E-state index contributed by atoms with van der Waals surface area (Å²) in [7, 11) is 1.97. The summed E-state index contributed by atoms with van der Waals surface area (Å²) in [4.78, 5) is 6.98. The summed E-state index contributed by atoms with van der Waals surface area (Å²) >= 11 is 3.62. The summed E-state index contributed by atoms with van der Waals surface area (Å²) < 4.78 is 6.71. The van der Waals surface area contributed by atoms with Crippen molar-refractivity contribution < 1.29 is 4.74 Å². The Bertz CT molecular complexity index is 603. The van der Waals surface area contributed by atoms with Gasteiger partial charge in [-0.15, -0.1) is 0 Å². The Labute approximate surface area is 127 Å². The summed E-state index contributed by atoms with van der Waals surface area (Å²) in [5.74, 6) is 1.05. The number of hydrogen-bond donors (Lipinski definition) is 1. The normalized spacial score (nSPS) is 19.5.